The van der Waals surface area contributed by atoms with E-state index in [0.29, 0.717) is 6.61 Å². The maximum Gasteiger partial charge on any atom is 0.122 e. The summed E-state index contributed by atoms with van der Waals surface area (Å²) in [6, 6.07) is 12.5. The summed E-state index contributed by atoms with van der Waals surface area (Å²) in [4.78, 5) is 11.5. The van der Waals surface area contributed by atoms with Gasteiger partial charge in [-0.05, 0) is 51.0 Å². The first-order valence-electron chi connectivity index (χ1n) is 8.90. The predicted molar refractivity (Wildman–Crippen MR) is 101 cm³/mol. The molecule has 1 fully saturated rings. The lowest BCUT2D eigenvalue weighted by Gasteiger charge is -2.20. The summed E-state index contributed by atoms with van der Waals surface area (Å²) in [5.41, 5.74) is 5.44. The molecule has 1 aliphatic rings. The van der Waals surface area contributed by atoms with Gasteiger partial charge in [-0.25, -0.2) is 0 Å². The van der Waals surface area contributed by atoms with Crippen LogP contribution in [-0.4, -0.2) is 23.1 Å². The Kier molecular flexibility index (Phi) is 4.26. The van der Waals surface area contributed by atoms with Gasteiger partial charge in [0.15, 0.2) is 0 Å². The molecule has 0 amide bonds. The first kappa shape index (κ1) is 15.9. The molecule has 1 saturated heterocycles. The molecule has 0 saturated carbocycles. The Bertz CT molecular complexity index is 884. The van der Waals surface area contributed by atoms with Crippen LogP contribution >= 0.6 is 0 Å². The number of aromatic nitrogens is 2. The fraction of sp³-hybridized carbons (Fsp3) is 0.333. The van der Waals surface area contributed by atoms with E-state index >= 15 is 0 Å². The molecule has 2 aromatic heterocycles. The van der Waals surface area contributed by atoms with Crippen LogP contribution in [-0.2, 0) is 6.61 Å². The molecule has 1 aliphatic heterocycles. The Morgan fingerprint density at radius 3 is 2.60 bits per heavy atom. The highest BCUT2D eigenvalue weighted by Gasteiger charge is 2.16. The van der Waals surface area contributed by atoms with E-state index in [9.17, 15) is 0 Å². The van der Waals surface area contributed by atoms with Gasteiger partial charge in [0.2, 0.25) is 0 Å². The number of pyridine rings is 2. The fourth-order valence-electron chi connectivity index (χ4n) is 3.38. The second kappa shape index (κ2) is 6.71. The largest absolute Gasteiger partial charge is 0.489 e. The van der Waals surface area contributed by atoms with Gasteiger partial charge in [0.1, 0.15) is 12.4 Å². The average Bonchev–Trinajstić information content (AvgIpc) is 3.14. The maximum absolute atomic E-state index is 5.95. The third kappa shape index (κ3) is 3.43. The van der Waals surface area contributed by atoms with Gasteiger partial charge in [-0.15, -0.1) is 0 Å². The third-order valence-corrected chi connectivity index (χ3v) is 4.71. The molecule has 0 atom stereocenters. The zero-order valence-corrected chi connectivity index (χ0v) is 14.8. The molecule has 4 heteroatoms. The minimum Gasteiger partial charge on any atom is -0.489 e. The number of benzene rings is 1. The predicted octanol–water partition coefficient (Wildman–Crippen LogP) is 4.43. The number of nitrogens with zero attached hydrogens (tertiary/aromatic N) is 3. The van der Waals surface area contributed by atoms with E-state index in [0.717, 1.165) is 41.3 Å². The maximum atomic E-state index is 5.95. The Labute approximate surface area is 148 Å². The first-order chi connectivity index (χ1) is 12.2. The van der Waals surface area contributed by atoms with E-state index in [1.54, 1.807) is 0 Å². The number of anilines is 1. The van der Waals surface area contributed by atoms with Gasteiger partial charge >= 0.3 is 0 Å². The number of aryl methyl sites for hydroxylation is 2. The highest BCUT2D eigenvalue weighted by atomic mass is 16.5. The van der Waals surface area contributed by atoms with Crippen LogP contribution in [0.2, 0.25) is 0 Å². The summed E-state index contributed by atoms with van der Waals surface area (Å²) in [6.45, 7) is 6.84. The van der Waals surface area contributed by atoms with Crippen LogP contribution in [0, 0.1) is 13.8 Å². The van der Waals surface area contributed by atoms with E-state index in [1.165, 1.54) is 23.9 Å². The highest BCUT2D eigenvalue weighted by Crippen LogP contribution is 2.31. The fourth-order valence-corrected chi connectivity index (χ4v) is 3.38. The Balaban J connectivity index is 1.60. The number of hydrogen-bond acceptors (Lipinski definition) is 4. The zero-order valence-electron chi connectivity index (χ0n) is 14.8. The van der Waals surface area contributed by atoms with Gasteiger partial charge < -0.3 is 9.64 Å². The van der Waals surface area contributed by atoms with Gasteiger partial charge in [0, 0.05) is 53.4 Å². The van der Waals surface area contributed by atoms with Gasteiger partial charge in [0.25, 0.3) is 0 Å². The molecule has 0 aliphatic carbocycles. The van der Waals surface area contributed by atoms with Crippen molar-refractivity contribution >= 4 is 16.6 Å². The SMILES string of the molecule is Cc1ccc(COc2ccc3c(N4CCCC4)cc(C)nc3c2)cn1. The van der Waals surface area contributed by atoms with Crippen LogP contribution in [0.4, 0.5) is 5.69 Å². The second-order valence-corrected chi connectivity index (χ2v) is 6.75. The summed E-state index contributed by atoms with van der Waals surface area (Å²) in [5, 5.41) is 1.21. The Hall–Kier alpha value is -2.62. The van der Waals surface area contributed by atoms with Crippen molar-refractivity contribution in [2.24, 2.45) is 0 Å². The summed E-state index contributed by atoms with van der Waals surface area (Å²) in [7, 11) is 0. The van der Waals surface area contributed by atoms with E-state index < -0.39 is 0 Å². The second-order valence-electron chi connectivity index (χ2n) is 6.75. The lowest BCUT2D eigenvalue weighted by molar-refractivity contribution is 0.306. The number of rotatable bonds is 4. The van der Waals surface area contributed by atoms with Crippen molar-refractivity contribution in [2.45, 2.75) is 33.3 Å². The highest BCUT2D eigenvalue weighted by molar-refractivity contribution is 5.93. The molecule has 128 valence electrons. The van der Waals surface area contributed by atoms with Gasteiger partial charge in [0.05, 0.1) is 5.52 Å². The molecule has 3 aromatic rings. The molecular weight excluding hydrogens is 310 g/mol. The molecule has 0 unspecified atom stereocenters. The normalized spacial score (nSPS) is 14.2. The van der Waals surface area contributed by atoms with Gasteiger partial charge in [-0.2, -0.15) is 0 Å². The Morgan fingerprint density at radius 2 is 1.84 bits per heavy atom. The van der Waals surface area contributed by atoms with Crippen molar-refractivity contribution in [3.63, 3.8) is 0 Å². The molecule has 4 nitrogen and oxygen atoms in total. The molecule has 0 radical (unpaired) electrons. The molecule has 0 N–H and O–H groups in total. The van der Waals surface area contributed by atoms with Crippen molar-refractivity contribution in [3.05, 3.63) is 59.5 Å². The van der Waals surface area contributed by atoms with Crippen molar-refractivity contribution < 1.29 is 4.74 Å². The average molecular weight is 333 g/mol. The smallest absolute Gasteiger partial charge is 0.122 e. The molecule has 25 heavy (non-hydrogen) atoms. The summed E-state index contributed by atoms with van der Waals surface area (Å²) >= 11 is 0. The molecule has 0 bridgehead atoms. The van der Waals surface area contributed by atoms with Gasteiger partial charge in [-0.1, -0.05) is 6.07 Å². The van der Waals surface area contributed by atoms with E-state index in [-0.39, 0.29) is 0 Å². The monoisotopic (exact) mass is 333 g/mol. The van der Waals surface area contributed by atoms with Crippen molar-refractivity contribution in [1.82, 2.24) is 9.97 Å². The molecule has 4 rings (SSSR count). The summed E-state index contributed by atoms with van der Waals surface area (Å²) < 4.78 is 5.95. The van der Waals surface area contributed by atoms with Gasteiger partial charge in [-0.3, -0.25) is 9.97 Å². The first-order valence-corrected chi connectivity index (χ1v) is 8.90. The Morgan fingerprint density at radius 1 is 1.00 bits per heavy atom. The van der Waals surface area contributed by atoms with Crippen LogP contribution in [0.1, 0.15) is 29.8 Å². The van der Waals surface area contributed by atoms with Crippen LogP contribution in [0.25, 0.3) is 10.9 Å². The summed E-state index contributed by atoms with van der Waals surface area (Å²) in [5.74, 6) is 0.846. The van der Waals surface area contributed by atoms with E-state index in [1.807, 2.05) is 31.3 Å². The standard InChI is InChI=1S/C21H23N3O/c1-15-5-6-17(13-22-15)14-25-18-7-8-19-20(12-18)23-16(2)11-21(19)24-9-3-4-10-24/h5-8,11-13H,3-4,9-10,14H2,1-2H3. The van der Waals surface area contributed by atoms with Crippen LogP contribution < -0.4 is 9.64 Å². The van der Waals surface area contributed by atoms with Crippen molar-refractivity contribution in [3.8, 4) is 5.75 Å². The van der Waals surface area contributed by atoms with E-state index in [2.05, 4.69) is 35.0 Å². The van der Waals surface area contributed by atoms with Crippen LogP contribution in [0.3, 0.4) is 0 Å². The zero-order chi connectivity index (χ0) is 17.2. The molecule has 1 aromatic carbocycles. The van der Waals surface area contributed by atoms with Crippen LogP contribution in [0.5, 0.6) is 5.75 Å². The number of fused-ring (bicyclic) bond motifs is 1. The van der Waals surface area contributed by atoms with Crippen LogP contribution in [0.15, 0.2) is 42.6 Å². The van der Waals surface area contributed by atoms with Crippen molar-refractivity contribution in [2.75, 3.05) is 18.0 Å². The lowest BCUT2D eigenvalue weighted by atomic mass is 10.1. The quantitative estimate of drug-likeness (QED) is 0.708. The molecule has 3 heterocycles. The molecular formula is C21H23N3O. The summed E-state index contributed by atoms with van der Waals surface area (Å²) in [6.07, 6.45) is 4.41. The number of hydrogen-bond donors (Lipinski definition) is 0. The minimum atomic E-state index is 0.517. The van der Waals surface area contributed by atoms with Crippen molar-refractivity contribution in [1.29, 1.82) is 0 Å². The van der Waals surface area contributed by atoms with E-state index in [4.69, 9.17) is 9.72 Å². The third-order valence-electron chi connectivity index (χ3n) is 4.71. The lowest BCUT2D eigenvalue weighted by Crippen LogP contribution is -2.18. The molecule has 0 spiro atoms. The number of ether oxygens (including phenoxy) is 1. The minimum absolute atomic E-state index is 0.517. The topological polar surface area (TPSA) is 38.2 Å².